The summed E-state index contributed by atoms with van der Waals surface area (Å²) in [6.45, 7) is 0. The van der Waals surface area contributed by atoms with Gasteiger partial charge in [-0.1, -0.05) is 188 Å². The van der Waals surface area contributed by atoms with Crippen molar-refractivity contribution in [1.29, 1.82) is 0 Å². The number of benzene rings is 10. The van der Waals surface area contributed by atoms with Crippen molar-refractivity contribution in [2.45, 2.75) is 5.41 Å². The quantitative estimate of drug-likeness (QED) is 0.173. The standard InChI is InChI=1S/C64H38N4O/c1-2-16-39(17-3-1)40-18-14-19-41(36-40)61-65-62(67-63(66-61)43-32-33-49-48-25-8-13-31-57(48)69-58(49)38-43)42-20-15-21-44(37-42)68-56-30-12-7-24-47(56)50-34-35-55-59(60(50)68)51-26-6-11-29-54(51)64(55)52-27-9-4-22-45(52)46-23-5-10-28-53(46)64/h1-38H. The van der Waals surface area contributed by atoms with Crippen LogP contribution in [-0.4, -0.2) is 19.5 Å². The fraction of sp³-hybridized carbons (Fsp3) is 0.0156. The lowest BCUT2D eigenvalue weighted by atomic mass is 9.70. The number of para-hydroxylation sites is 2. The van der Waals surface area contributed by atoms with Gasteiger partial charge in [0.25, 0.3) is 0 Å². The van der Waals surface area contributed by atoms with Gasteiger partial charge in [-0.2, -0.15) is 0 Å². The molecule has 0 saturated heterocycles. The Bertz CT molecular complexity index is 4230. The van der Waals surface area contributed by atoms with Crippen LogP contribution in [-0.2, 0) is 5.41 Å². The molecule has 10 aromatic carbocycles. The summed E-state index contributed by atoms with van der Waals surface area (Å²) in [6.07, 6.45) is 0. The summed E-state index contributed by atoms with van der Waals surface area (Å²) in [5.41, 5.74) is 19.8. The lowest BCUT2D eigenvalue weighted by Crippen LogP contribution is -2.25. The van der Waals surface area contributed by atoms with Crippen molar-refractivity contribution in [2.75, 3.05) is 0 Å². The first-order valence-electron chi connectivity index (χ1n) is 23.5. The van der Waals surface area contributed by atoms with Crippen LogP contribution in [0.5, 0.6) is 0 Å². The third-order valence-corrected chi connectivity index (χ3v) is 14.7. The highest BCUT2D eigenvalue weighted by molar-refractivity contribution is 6.16. The van der Waals surface area contributed by atoms with Crippen molar-refractivity contribution in [1.82, 2.24) is 19.5 Å². The topological polar surface area (TPSA) is 56.7 Å². The van der Waals surface area contributed by atoms with Gasteiger partial charge in [-0.25, -0.2) is 15.0 Å². The highest BCUT2D eigenvalue weighted by Gasteiger charge is 2.52. The van der Waals surface area contributed by atoms with Gasteiger partial charge < -0.3 is 8.98 Å². The minimum atomic E-state index is -0.461. The Labute approximate surface area is 397 Å². The SMILES string of the molecule is c1ccc(-c2cccc(-c3nc(-c4cccc(-n5c6ccccc6c6ccc7c(c65)-c5ccccc5C75c6ccccc6-c6ccccc65)c4)nc(-c4ccc5c(c4)oc4ccccc45)n3)c2)cc1. The summed E-state index contributed by atoms with van der Waals surface area (Å²) in [4.78, 5) is 15.8. The van der Waals surface area contributed by atoms with Crippen molar-refractivity contribution in [3.05, 3.63) is 253 Å². The first-order chi connectivity index (χ1) is 34.2. The summed E-state index contributed by atoms with van der Waals surface area (Å²) in [7, 11) is 0. The smallest absolute Gasteiger partial charge is 0.164 e. The zero-order chi connectivity index (χ0) is 45.2. The molecule has 320 valence electrons. The van der Waals surface area contributed by atoms with Gasteiger partial charge in [0, 0.05) is 49.5 Å². The van der Waals surface area contributed by atoms with Crippen LogP contribution in [0.25, 0.3) is 117 Å². The molecule has 13 aromatic rings. The van der Waals surface area contributed by atoms with E-state index in [1.165, 1.54) is 60.8 Å². The van der Waals surface area contributed by atoms with E-state index < -0.39 is 5.41 Å². The predicted molar refractivity (Wildman–Crippen MR) is 279 cm³/mol. The van der Waals surface area contributed by atoms with E-state index in [0.717, 1.165) is 61.0 Å². The van der Waals surface area contributed by atoms with Crippen molar-refractivity contribution in [2.24, 2.45) is 0 Å². The molecule has 2 aliphatic rings. The summed E-state index contributed by atoms with van der Waals surface area (Å²) >= 11 is 0. The van der Waals surface area contributed by atoms with Gasteiger partial charge in [0.05, 0.1) is 16.4 Å². The Morgan fingerprint density at radius 1 is 0.333 bits per heavy atom. The summed E-state index contributed by atoms with van der Waals surface area (Å²) in [6, 6.07) is 82.7. The maximum Gasteiger partial charge on any atom is 0.164 e. The Kier molecular flexibility index (Phi) is 7.93. The molecule has 2 aliphatic carbocycles. The molecule has 0 saturated carbocycles. The molecule has 15 rings (SSSR count). The summed E-state index contributed by atoms with van der Waals surface area (Å²) < 4.78 is 8.85. The normalized spacial score (nSPS) is 13.0. The molecule has 3 heterocycles. The van der Waals surface area contributed by atoms with Crippen LogP contribution >= 0.6 is 0 Å². The van der Waals surface area contributed by atoms with Gasteiger partial charge in [0.15, 0.2) is 17.5 Å². The van der Waals surface area contributed by atoms with E-state index in [9.17, 15) is 0 Å². The molecule has 0 unspecified atom stereocenters. The van der Waals surface area contributed by atoms with E-state index in [1.807, 2.05) is 24.3 Å². The highest BCUT2D eigenvalue weighted by atomic mass is 16.3. The molecule has 5 nitrogen and oxygen atoms in total. The van der Waals surface area contributed by atoms with Gasteiger partial charge >= 0.3 is 0 Å². The van der Waals surface area contributed by atoms with Crippen LogP contribution in [0.4, 0.5) is 0 Å². The second-order valence-electron chi connectivity index (χ2n) is 18.2. The van der Waals surface area contributed by atoms with Gasteiger partial charge in [-0.15, -0.1) is 0 Å². The molecule has 0 atom stereocenters. The Morgan fingerprint density at radius 3 is 1.62 bits per heavy atom. The van der Waals surface area contributed by atoms with Crippen LogP contribution in [0.3, 0.4) is 0 Å². The van der Waals surface area contributed by atoms with E-state index in [2.05, 4.69) is 211 Å². The van der Waals surface area contributed by atoms with Crippen molar-refractivity contribution in [3.63, 3.8) is 0 Å². The molecule has 5 heteroatoms. The molecule has 0 bridgehead atoms. The first-order valence-corrected chi connectivity index (χ1v) is 23.5. The Morgan fingerprint density at radius 2 is 0.870 bits per heavy atom. The largest absolute Gasteiger partial charge is 0.456 e. The maximum absolute atomic E-state index is 6.38. The molecule has 0 amide bonds. The molecule has 0 radical (unpaired) electrons. The van der Waals surface area contributed by atoms with E-state index in [0.29, 0.717) is 17.5 Å². The zero-order valence-electron chi connectivity index (χ0n) is 37.1. The second kappa shape index (κ2) is 14.4. The molecular weight excluding hydrogens is 841 g/mol. The van der Waals surface area contributed by atoms with Crippen LogP contribution in [0, 0.1) is 0 Å². The van der Waals surface area contributed by atoms with E-state index in [1.54, 1.807) is 0 Å². The minimum Gasteiger partial charge on any atom is -0.456 e. The Balaban J connectivity index is 0.960. The zero-order valence-corrected chi connectivity index (χ0v) is 37.1. The molecule has 69 heavy (non-hydrogen) atoms. The first kappa shape index (κ1) is 38.0. The molecule has 0 aliphatic heterocycles. The highest BCUT2D eigenvalue weighted by Crippen LogP contribution is 2.64. The fourth-order valence-corrected chi connectivity index (χ4v) is 11.8. The molecule has 0 fully saturated rings. The van der Waals surface area contributed by atoms with Crippen molar-refractivity contribution >= 4 is 43.7 Å². The summed E-state index contributed by atoms with van der Waals surface area (Å²) in [5.74, 6) is 1.75. The maximum atomic E-state index is 6.38. The van der Waals surface area contributed by atoms with Crippen LogP contribution < -0.4 is 0 Å². The van der Waals surface area contributed by atoms with Gasteiger partial charge in [0.2, 0.25) is 0 Å². The second-order valence-corrected chi connectivity index (χ2v) is 18.2. The average Bonchev–Trinajstić information content (AvgIpc) is 4.15. The minimum absolute atomic E-state index is 0.461. The number of hydrogen-bond acceptors (Lipinski definition) is 4. The number of rotatable bonds is 5. The van der Waals surface area contributed by atoms with Gasteiger partial charge in [-0.05, 0) is 92.5 Å². The summed E-state index contributed by atoms with van der Waals surface area (Å²) in [5, 5.41) is 4.55. The number of nitrogens with zero attached hydrogens (tertiary/aromatic N) is 4. The third kappa shape index (κ3) is 5.38. The predicted octanol–water partition coefficient (Wildman–Crippen LogP) is 15.9. The van der Waals surface area contributed by atoms with Crippen molar-refractivity contribution < 1.29 is 4.42 Å². The lowest BCUT2D eigenvalue weighted by molar-refractivity contribution is 0.669. The van der Waals surface area contributed by atoms with E-state index in [-0.39, 0.29) is 0 Å². The fourth-order valence-electron chi connectivity index (χ4n) is 11.8. The molecule has 3 aromatic heterocycles. The molecule has 0 N–H and O–H groups in total. The third-order valence-electron chi connectivity index (χ3n) is 14.7. The van der Waals surface area contributed by atoms with E-state index >= 15 is 0 Å². The van der Waals surface area contributed by atoms with Gasteiger partial charge in [-0.3, -0.25) is 0 Å². The van der Waals surface area contributed by atoms with Crippen LogP contribution in [0.2, 0.25) is 0 Å². The van der Waals surface area contributed by atoms with Crippen LogP contribution in [0.15, 0.2) is 235 Å². The monoisotopic (exact) mass is 878 g/mol. The van der Waals surface area contributed by atoms with Gasteiger partial charge in [0.1, 0.15) is 11.2 Å². The number of furan rings is 1. The lowest BCUT2D eigenvalue weighted by Gasteiger charge is -2.30. The number of hydrogen-bond donors (Lipinski definition) is 0. The van der Waals surface area contributed by atoms with E-state index in [4.69, 9.17) is 19.4 Å². The van der Waals surface area contributed by atoms with Crippen LogP contribution in [0.1, 0.15) is 22.3 Å². The molecule has 1 spiro atoms. The van der Waals surface area contributed by atoms with Crippen molar-refractivity contribution in [3.8, 4) is 73.2 Å². The Hall–Kier alpha value is -9.19. The number of fused-ring (bicyclic) bond motifs is 17. The molecular formula is C64H38N4O. The number of aromatic nitrogens is 4. The average molecular weight is 879 g/mol.